The Kier molecular flexibility index (Phi) is 11.1. The van der Waals surface area contributed by atoms with Crippen LogP contribution in [0.25, 0.3) is 0 Å². The number of nitrogens with zero attached hydrogens (tertiary/aromatic N) is 1. The van der Waals surface area contributed by atoms with E-state index in [2.05, 4.69) is 23.1 Å². The minimum atomic E-state index is -0.777. The molecule has 178 valence electrons. The molecule has 0 bridgehead atoms. The smallest absolute Gasteiger partial charge is 0.260 e. The Balaban J connectivity index is 1.87. The highest BCUT2D eigenvalue weighted by molar-refractivity contribution is 6.06. The van der Waals surface area contributed by atoms with Crippen molar-refractivity contribution in [3.8, 4) is 12.3 Å². The molecule has 1 aromatic carbocycles. The van der Waals surface area contributed by atoms with Crippen LogP contribution in [0, 0.1) is 19.3 Å². The second-order valence-electron chi connectivity index (χ2n) is 7.27. The summed E-state index contributed by atoms with van der Waals surface area (Å²) in [6.45, 7) is 8.44. The number of carbonyl (C=O) groups is 3. The molecule has 0 aliphatic carbocycles. The van der Waals surface area contributed by atoms with Crippen molar-refractivity contribution >= 4 is 23.4 Å². The first-order chi connectivity index (χ1) is 16.0. The fourth-order valence-corrected chi connectivity index (χ4v) is 3.36. The number of ether oxygens (including phenoxy) is 3. The van der Waals surface area contributed by atoms with Crippen molar-refractivity contribution in [2.75, 3.05) is 51.5 Å². The first-order valence-corrected chi connectivity index (χ1v) is 10.8. The van der Waals surface area contributed by atoms with E-state index in [4.69, 9.17) is 20.6 Å². The lowest BCUT2D eigenvalue weighted by Crippen LogP contribution is -2.52. The van der Waals surface area contributed by atoms with Gasteiger partial charge in [-0.3, -0.25) is 19.7 Å². The second-order valence-corrected chi connectivity index (χ2v) is 7.27. The van der Waals surface area contributed by atoms with Gasteiger partial charge < -0.3 is 24.4 Å². The van der Waals surface area contributed by atoms with Crippen molar-refractivity contribution in [1.29, 1.82) is 0 Å². The summed E-state index contributed by atoms with van der Waals surface area (Å²) in [4.78, 5) is 38.3. The molecule has 1 atom stereocenters. The van der Waals surface area contributed by atoms with Crippen LogP contribution in [0.2, 0.25) is 0 Å². The molecule has 9 nitrogen and oxygen atoms in total. The Morgan fingerprint density at radius 1 is 1.24 bits per heavy atom. The highest BCUT2D eigenvalue weighted by Gasteiger charge is 2.34. The summed E-state index contributed by atoms with van der Waals surface area (Å²) in [5, 5.41) is 5.50. The number of piperidine rings is 1. The van der Waals surface area contributed by atoms with Gasteiger partial charge >= 0.3 is 0 Å². The molecule has 2 N–H and O–H groups in total. The molecule has 3 amide bonds. The molecular formula is C24H31N3O6. The van der Waals surface area contributed by atoms with Crippen molar-refractivity contribution in [2.24, 2.45) is 0 Å². The van der Waals surface area contributed by atoms with Crippen LogP contribution in [0.4, 0.5) is 5.69 Å². The Morgan fingerprint density at radius 3 is 2.61 bits per heavy atom. The number of hydrogen-bond acceptors (Lipinski definition) is 7. The molecule has 0 spiro atoms. The lowest BCUT2D eigenvalue weighted by Gasteiger charge is -2.31. The van der Waals surface area contributed by atoms with E-state index in [1.165, 1.54) is 11.1 Å². The second kappa shape index (κ2) is 14.1. The van der Waals surface area contributed by atoms with Gasteiger partial charge in [0.2, 0.25) is 11.8 Å². The van der Waals surface area contributed by atoms with Gasteiger partial charge in [-0.15, -0.1) is 6.42 Å². The fraction of sp³-hybridized carbons (Fsp3) is 0.458. The Labute approximate surface area is 194 Å². The van der Waals surface area contributed by atoms with Crippen LogP contribution in [0.3, 0.4) is 0 Å². The zero-order chi connectivity index (χ0) is 24.1. The average Bonchev–Trinajstić information content (AvgIpc) is 2.79. The largest absolute Gasteiger partial charge is 0.382 e. The molecule has 0 radical (unpaired) electrons. The number of rotatable bonds is 14. The lowest BCUT2D eigenvalue weighted by atomic mass is 10.0. The number of amides is 3. The molecule has 0 saturated carbocycles. The molecule has 1 aromatic rings. The number of carbonyl (C=O) groups excluding carboxylic acids is 3. The van der Waals surface area contributed by atoms with Crippen LogP contribution in [-0.2, 0) is 23.8 Å². The maximum atomic E-state index is 13.3. The summed E-state index contributed by atoms with van der Waals surface area (Å²) in [5.74, 6) is 1.18. The van der Waals surface area contributed by atoms with Crippen molar-refractivity contribution in [3.63, 3.8) is 0 Å². The molecular weight excluding hydrogens is 426 g/mol. The number of imide groups is 1. The standard InChI is InChI=1S/C24H31N3O6/c1-4-12-31-14-16-33-17-15-32-13-11-25-19-8-6-7-18(3)22(19)24(30)27(5-2)20-9-10-21(28)26-23(20)29/h1,5-8,20,25H,2,9-17H2,3H3,(H,26,28,29). The van der Waals surface area contributed by atoms with E-state index in [0.29, 0.717) is 50.8 Å². The molecule has 33 heavy (non-hydrogen) atoms. The SMILES string of the molecule is C#CCOCCOCCOCCNc1cccc(C)c1C(=O)N(C=C)C1CCC(=O)NC1=O. The van der Waals surface area contributed by atoms with E-state index < -0.39 is 11.9 Å². The third-order valence-corrected chi connectivity index (χ3v) is 4.96. The van der Waals surface area contributed by atoms with E-state index in [-0.39, 0.29) is 31.3 Å². The molecule has 1 aliphatic heterocycles. The third-order valence-electron chi connectivity index (χ3n) is 4.96. The highest BCUT2D eigenvalue weighted by atomic mass is 16.5. The summed E-state index contributed by atoms with van der Waals surface area (Å²) in [6, 6.07) is 4.69. The molecule has 1 aliphatic rings. The third kappa shape index (κ3) is 8.02. The monoisotopic (exact) mass is 457 g/mol. The molecule has 1 saturated heterocycles. The van der Waals surface area contributed by atoms with E-state index in [9.17, 15) is 14.4 Å². The molecule has 1 fully saturated rings. The number of benzene rings is 1. The summed E-state index contributed by atoms with van der Waals surface area (Å²) < 4.78 is 16.0. The van der Waals surface area contributed by atoms with Crippen LogP contribution in [0.1, 0.15) is 28.8 Å². The Bertz CT molecular complexity index is 879. The molecule has 1 heterocycles. The van der Waals surface area contributed by atoms with Crippen LogP contribution in [0.15, 0.2) is 31.0 Å². The molecule has 9 heteroatoms. The number of hydrogen-bond donors (Lipinski definition) is 2. The van der Waals surface area contributed by atoms with Gasteiger partial charge in [0, 0.05) is 24.9 Å². The minimum absolute atomic E-state index is 0.173. The van der Waals surface area contributed by atoms with E-state index >= 15 is 0 Å². The Hall–Kier alpha value is -3.19. The maximum Gasteiger partial charge on any atom is 0.260 e. The zero-order valence-corrected chi connectivity index (χ0v) is 18.9. The van der Waals surface area contributed by atoms with Gasteiger partial charge in [-0.2, -0.15) is 0 Å². The predicted octanol–water partition coefficient (Wildman–Crippen LogP) is 1.48. The predicted molar refractivity (Wildman–Crippen MR) is 123 cm³/mol. The number of nitrogens with one attached hydrogen (secondary N) is 2. The van der Waals surface area contributed by atoms with E-state index in [1.54, 1.807) is 6.07 Å². The molecule has 0 aromatic heterocycles. The number of anilines is 1. The molecule has 1 unspecified atom stereocenters. The van der Waals surface area contributed by atoms with Crippen molar-refractivity contribution in [2.45, 2.75) is 25.8 Å². The first-order valence-electron chi connectivity index (χ1n) is 10.8. The minimum Gasteiger partial charge on any atom is -0.382 e. The van der Waals surface area contributed by atoms with Gasteiger partial charge in [0.05, 0.1) is 38.6 Å². The van der Waals surface area contributed by atoms with E-state index in [1.807, 2.05) is 19.1 Å². The topological polar surface area (TPSA) is 106 Å². The van der Waals surface area contributed by atoms with Crippen LogP contribution < -0.4 is 10.6 Å². The molecule has 2 rings (SSSR count). The zero-order valence-electron chi connectivity index (χ0n) is 18.9. The van der Waals surface area contributed by atoms with Gasteiger partial charge in [0.25, 0.3) is 5.91 Å². The number of terminal acetylenes is 1. The van der Waals surface area contributed by atoms with E-state index in [0.717, 1.165) is 5.56 Å². The summed E-state index contributed by atoms with van der Waals surface area (Å²) in [6.07, 6.45) is 6.84. The summed E-state index contributed by atoms with van der Waals surface area (Å²) >= 11 is 0. The van der Waals surface area contributed by atoms with Crippen molar-refractivity contribution in [3.05, 3.63) is 42.1 Å². The van der Waals surface area contributed by atoms with Crippen molar-refractivity contribution in [1.82, 2.24) is 10.2 Å². The fourth-order valence-electron chi connectivity index (χ4n) is 3.36. The Morgan fingerprint density at radius 2 is 1.94 bits per heavy atom. The quantitative estimate of drug-likeness (QED) is 0.248. The normalized spacial score (nSPS) is 15.5. The van der Waals surface area contributed by atoms with Gasteiger partial charge in [-0.1, -0.05) is 24.6 Å². The summed E-state index contributed by atoms with van der Waals surface area (Å²) in [7, 11) is 0. The highest BCUT2D eigenvalue weighted by Crippen LogP contribution is 2.24. The van der Waals surface area contributed by atoms with Crippen LogP contribution in [-0.4, -0.2) is 74.8 Å². The van der Waals surface area contributed by atoms with Crippen LogP contribution >= 0.6 is 0 Å². The summed E-state index contributed by atoms with van der Waals surface area (Å²) in [5.41, 5.74) is 1.83. The van der Waals surface area contributed by atoms with Gasteiger partial charge in [0.15, 0.2) is 0 Å². The van der Waals surface area contributed by atoms with Gasteiger partial charge in [0.1, 0.15) is 12.6 Å². The van der Waals surface area contributed by atoms with Gasteiger partial charge in [-0.25, -0.2) is 0 Å². The van der Waals surface area contributed by atoms with Crippen LogP contribution in [0.5, 0.6) is 0 Å². The van der Waals surface area contributed by atoms with Gasteiger partial charge in [-0.05, 0) is 25.0 Å². The number of aryl methyl sites for hydroxylation is 1. The average molecular weight is 458 g/mol. The van der Waals surface area contributed by atoms with Crippen molar-refractivity contribution < 1.29 is 28.6 Å². The maximum absolute atomic E-state index is 13.3. The lowest BCUT2D eigenvalue weighted by molar-refractivity contribution is -0.136. The first kappa shape index (κ1) is 26.1.